The molecule has 0 fully saturated rings. The van der Waals surface area contributed by atoms with Gasteiger partial charge in [0.2, 0.25) is 11.8 Å². The largest absolute Gasteiger partial charge is 0.493 e. The van der Waals surface area contributed by atoms with E-state index >= 15 is 0 Å². The molecule has 1 amide bonds. The van der Waals surface area contributed by atoms with E-state index in [1.165, 1.54) is 0 Å². The van der Waals surface area contributed by atoms with Crippen LogP contribution in [0.2, 0.25) is 0 Å². The van der Waals surface area contributed by atoms with Crippen LogP contribution in [0.15, 0.2) is 28.8 Å². The quantitative estimate of drug-likeness (QED) is 0.926. The van der Waals surface area contributed by atoms with Crippen LogP contribution in [-0.2, 0) is 11.2 Å². The third kappa shape index (κ3) is 2.69. The minimum atomic E-state index is -4.97. The SMILES string of the molecule is O=C(Nc1cnc(-c2ccc3c(c2)CCO3)o1)C(F)(F)F. The first-order valence-corrected chi connectivity index (χ1v) is 6.03. The molecule has 0 spiro atoms. The number of ether oxygens (including phenoxy) is 1. The molecule has 1 aliphatic rings. The number of hydrogen-bond donors (Lipinski definition) is 1. The molecule has 0 saturated heterocycles. The zero-order valence-electron chi connectivity index (χ0n) is 10.5. The molecule has 0 saturated carbocycles. The molecule has 1 N–H and O–H groups in total. The summed E-state index contributed by atoms with van der Waals surface area (Å²) in [6.07, 6.45) is -3.19. The van der Waals surface area contributed by atoms with Crippen molar-refractivity contribution in [3.63, 3.8) is 0 Å². The van der Waals surface area contributed by atoms with E-state index in [9.17, 15) is 18.0 Å². The van der Waals surface area contributed by atoms with Gasteiger partial charge in [-0.15, -0.1) is 0 Å². The summed E-state index contributed by atoms with van der Waals surface area (Å²) in [7, 11) is 0. The average Bonchev–Trinajstić information content (AvgIpc) is 3.04. The molecule has 110 valence electrons. The number of amides is 1. The minimum absolute atomic E-state index is 0.127. The van der Waals surface area contributed by atoms with Gasteiger partial charge in [0.25, 0.3) is 0 Å². The maximum atomic E-state index is 12.1. The summed E-state index contributed by atoms with van der Waals surface area (Å²) in [5.41, 5.74) is 1.58. The highest BCUT2D eigenvalue weighted by Crippen LogP contribution is 2.31. The van der Waals surface area contributed by atoms with Gasteiger partial charge in [-0.1, -0.05) is 0 Å². The molecular formula is C13H9F3N2O3. The Hall–Kier alpha value is -2.51. The first-order valence-electron chi connectivity index (χ1n) is 6.03. The number of oxazole rings is 1. The molecule has 0 unspecified atom stereocenters. The highest BCUT2D eigenvalue weighted by molar-refractivity contribution is 5.93. The fourth-order valence-corrected chi connectivity index (χ4v) is 1.97. The van der Waals surface area contributed by atoms with Gasteiger partial charge in [0.15, 0.2) is 0 Å². The van der Waals surface area contributed by atoms with Crippen LogP contribution in [0.3, 0.4) is 0 Å². The maximum Gasteiger partial charge on any atom is 0.471 e. The second-order valence-corrected chi connectivity index (χ2v) is 4.40. The molecule has 5 nitrogen and oxygen atoms in total. The zero-order valence-corrected chi connectivity index (χ0v) is 10.5. The molecular weight excluding hydrogens is 289 g/mol. The highest BCUT2D eigenvalue weighted by atomic mass is 19.4. The number of aromatic nitrogens is 1. The van der Waals surface area contributed by atoms with Crippen molar-refractivity contribution in [2.24, 2.45) is 0 Å². The molecule has 0 atom stereocenters. The normalized spacial score (nSPS) is 13.7. The number of halogens is 3. The van der Waals surface area contributed by atoms with Gasteiger partial charge < -0.3 is 9.15 Å². The Bertz CT molecular complexity index is 694. The van der Waals surface area contributed by atoms with Crippen molar-refractivity contribution < 1.29 is 27.1 Å². The minimum Gasteiger partial charge on any atom is -0.493 e. The summed E-state index contributed by atoms with van der Waals surface area (Å²) in [4.78, 5) is 14.7. The number of nitrogens with zero attached hydrogens (tertiary/aromatic N) is 1. The molecule has 1 aliphatic heterocycles. The number of rotatable bonds is 2. The van der Waals surface area contributed by atoms with Crippen LogP contribution in [0, 0.1) is 0 Å². The van der Waals surface area contributed by atoms with Crippen LogP contribution in [0.5, 0.6) is 5.75 Å². The van der Waals surface area contributed by atoms with Crippen molar-refractivity contribution in [2.75, 3.05) is 11.9 Å². The molecule has 1 aromatic carbocycles. The van der Waals surface area contributed by atoms with Gasteiger partial charge in [0, 0.05) is 12.0 Å². The molecule has 3 rings (SSSR count). The van der Waals surface area contributed by atoms with Crippen LogP contribution in [0.4, 0.5) is 19.1 Å². The molecule has 2 heterocycles. The number of carbonyl (C=O) groups is 1. The number of alkyl halides is 3. The highest BCUT2D eigenvalue weighted by Gasteiger charge is 2.39. The summed E-state index contributed by atoms with van der Waals surface area (Å²) >= 11 is 0. The Labute approximate surface area is 116 Å². The van der Waals surface area contributed by atoms with E-state index in [0.29, 0.717) is 12.2 Å². The summed E-state index contributed by atoms with van der Waals surface area (Å²) in [5, 5.41) is 1.61. The van der Waals surface area contributed by atoms with Crippen molar-refractivity contribution in [1.29, 1.82) is 0 Å². The maximum absolute atomic E-state index is 12.1. The topological polar surface area (TPSA) is 64.4 Å². The standard InChI is InChI=1S/C13H9F3N2O3/c14-13(15,16)12(19)18-10-6-17-11(21-10)8-1-2-9-7(5-8)3-4-20-9/h1-2,5-6H,3-4H2,(H,18,19). The number of anilines is 1. The molecule has 0 bridgehead atoms. The fraction of sp³-hybridized carbons (Fsp3) is 0.231. The van der Waals surface area contributed by atoms with Crippen LogP contribution in [0.25, 0.3) is 11.5 Å². The van der Waals surface area contributed by atoms with Gasteiger partial charge in [0.05, 0.1) is 12.8 Å². The summed E-state index contributed by atoms with van der Waals surface area (Å²) in [6, 6.07) is 5.23. The lowest BCUT2D eigenvalue weighted by Gasteiger charge is -2.04. The van der Waals surface area contributed by atoms with E-state index < -0.39 is 12.1 Å². The smallest absolute Gasteiger partial charge is 0.471 e. The number of hydrogen-bond acceptors (Lipinski definition) is 4. The Morgan fingerprint density at radius 1 is 1.33 bits per heavy atom. The van der Waals surface area contributed by atoms with E-state index in [1.807, 2.05) is 0 Å². The third-order valence-electron chi connectivity index (χ3n) is 2.94. The van der Waals surface area contributed by atoms with Crippen LogP contribution < -0.4 is 10.1 Å². The van der Waals surface area contributed by atoms with Crippen LogP contribution in [0.1, 0.15) is 5.56 Å². The predicted molar refractivity (Wildman–Crippen MR) is 65.8 cm³/mol. The van der Waals surface area contributed by atoms with E-state index in [0.717, 1.165) is 23.9 Å². The van der Waals surface area contributed by atoms with Crippen molar-refractivity contribution in [2.45, 2.75) is 12.6 Å². The number of benzene rings is 1. The van der Waals surface area contributed by atoms with E-state index in [2.05, 4.69) is 4.98 Å². The molecule has 8 heteroatoms. The van der Waals surface area contributed by atoms with Crippen molar-refractivity contribution >= 4 is 11.8 Å². The molecule has 1 aromatic heterocycles. The van der Waals surface area contributed by atoms with Crippen molar-refractivity contribution in [1.82, 2.24) is 4.98 Å². The van der Waals surface area contributed by atoms with Gasteiger partial charge in [0.1, 0.15) is 5.75 Å². The average molecular weight is 298 g/mol. The van der Waals surface area contributed by atoms with Crippen LogP contribution in [-0.4, -0.2) is 23.7 Å². The summed E-state index contributed by atoms with van der Waals surface area (Å²) in [6.45, 7) is 0.595. The van der Waals surface area contributed by atoms with Crippen molar-refractivity contribution in [3.05, 3.63) is 30.0 Å². The van der Waals surface area contributed by atoms with Gasteiger partial charge in [-0.3, -0.25) is 10.1 Å². The van der Waals surface area contributed by atoms with Gasteiger partial charge in [-0.25, -0.2) is 4.98 Å². The lowest BCUT2D eigenvalue weighted by Crippen LogP contribution is -2.29. The first-order chi connectivity index (χ1) is 9.93. The zero-order chi connectivity index (χ0) is 15.0. The van der Waals surface area contributed by atoms with Gasteiger partial charge in [-0.2, -0.15) is 13.2 Å². The summed E-state index contributed by atoms with van der Waals surface area (Å²) in [5.74, 6) is -1.56. The lowest BCUT2D eigenvalue weighted by molar-refractivity contribution is -0.167. The second kappa shape index (κ2) is 4.80. The third-order valence-corrected chi connectivity index (χ3v) is 2.94. The Balaban J connectivity index is 1.80. The number of nitrogens with one attached hydrogen (secondary N) is 1. The van der Waals surface area contributed by atoms with E-state index in [-0.39, 0.29) is 11.8 Å². The number of carbonyl (C=O) groups excluding carboxylic acids is 1. The Morgan fingerprint density at radius 2 is 2.14 bits per heavy atom. The van der Waals surface area contributed by atoms with Gasteiger partial charge >= 0.3 is 12.1 Å². The van der Waals surface area contributed by atoms with Gasteiger partial charge in [-0.05, 0) is 23.8 Å². The molecule has 0 radical (unpaired) electrons. The Kier molecular flexibility index (Phi) is 3.08. The monoisotopic (exact) mass is 298 g/mol. The summed E-state index contributed by atoms with van der Waals surface area (Å²) < 4.78 is 46.8. The predicted octanol–water partition coefficient (Wildman–Crippen LogP) is 2.78. The fourth-order valence-electron chi connectivity index (χ4n) is 1.97. The molecule has 2 aromatic rings. The lowest BCUT2D eigenvalue weighted by atomic mass is 10.1. The number of fused-ring (bicyclic) bond motifs is 1. The second-order valence-electron chi connectivity index (χ2n) is 4.40. The molecule has 0 aliphatic carbocycles. The van der Waals surface area contributed by atoms with E-state index in [4.69, 9.17) is 9.15 Å². The van der Waals surface area contributed by atoms with Crippen LogP contribution >= 0.6 is 0 Å². The van der Waals surface area contributed by atoms with Crippen molar-refractivity contribution in [3.8, 4) is 17.2 Å². The first kappa shape index (κ1) is 13.5. The van der Waals surface area contributed by atoms with E-state index in [1.54, 1.807) is 23.5 Å². The molecule has 21 heavy (non-hydrogen) atoms. The Morgan fingerprint density at radius 3 is 2.90 bits per heavy atom.